The van der Waals surface area contributed by atoms with Crippen LogP contribution in [0.3, 0.4) is 0 Å². The Balaban J connectivity index is 1.55. The second-order valence-electron chi connectivity index (χ2n) is 7.01. The normalized spacial score (nSPS) is 19.0. The number of benzene rings is 1. The quantitative estimate of drug-likeness (QED) is 0.349. The Hall–Kier alpha value is -2.91. The highest BCUT2D eigenvalue weighted by Crippen LogP contribution is 2.37. The standard InChI is InChI=1S/C20H18O8S/c21-18-16(19(22)28-20(27-18)10-2-1-3-11-20)12-14-6-9-17(26-14)13-4-7-15(8-5-13)29(23,24)25/h4-9,12H,1-3,10-11H2,(H,23,24,25). The fourth-order valence-corrected chi connectivity index (χ4v) is 3.96. The van der Waals surface area contributed by atoms with Crippen molar-refractivity contribution >= 4 is 28.1 Å². The van der Waals surface area contributed by atoms with Gasteiger partial charge in [-0.2, -0.15) is 8.42 Å². The van der Waals surface area contributed by atoms with Crippen molar-refractivity contribution in [2.24, 2.45) is 0 Å². The lowest BCUT2D eigenvalue weighted by Crippen LogP contribution is -2.47. The molecule has 1 aromatic heterocycles. The van der Waals surface area contributed by atoms with E-state index in [1.165, 1.54) is 30.3 Å². The molecule has 0 radical (unpaired) electrons. The number of furan rings is 1. The predicted molar refractivity (Wildman–Crippen MR) is 99.9 cm³/mol. The van der Waals surface area contributed by atoms with Gasteiger partial charge in [0, 0.05) is 24.5 Å². The van der Waals surface area contributed by atoms with E-state index < -0.39 is 27.8 Å². The first kappa shape index (κ1) is 19.4. The van der Waals surface area contributed by atoms with Gasteiger partial charge in [-0.05, 0) is 49.2 Å². The molecule has 1 aliphatic heterocycles. The lowest BCUT2D eigenvalue weighted by atomic mass is 9.93. The Morgan fingerprint density at radius 2 is 1.52 bits per heavy atom. The highest BCUT2D eigenvalue weighted by molar-refractivity contribution is 7.85. The summed E-state index contributed by atoms with van der Waals surface area (Å²) in [5.74, 6) is -1.99. The minimum Gasteiger partial charge on any atom is -0.457 e. The molecule has 1 aliphatic carbocycles. The van der Waals surface area contributed by atoms with Crippen molar-refractivity contribution in [2.75, 3.05) is 0 Å². The maximum atomic E-state index is 12.4. The molecule has 2 heterocycles. The number of carbonyl (C=O) groups is 2. The molecule has 1 spiro atoms. The molecule has 9 heteroatoms. The van der Waals surface area contributed by atoms with Crippen LogP contribution in [-0.2, 0) is 29.2 Å². The summed E-state index contributed by atoms with van der Waals surface area (Å²) in [5, 5.41) is 0. The van der Waals surface area contributed by atoms with Crippen molar-refractivity contribution in [2.45, 2.75) is 42.8 Å². The average molecular weight is 418 g/mol. The number of hydrogen-bond acceptors (Lipinski definition) is 7. The zero-order chi connectivity index (χ0) is 20.6. The highest BCUT2D eigenvalue weighted by atomic mass is 32.2. The van der Waals surface area contributed by atoms with Crippen LogP contribution in [-0.4, -0.2) is 30.7 Å². The summed E-state index contributed by atoms with van der Waals surface area (Å²) in [5.41, 5.74) is 0.306. The minimum atomic E-state index is -4.28. The third-order valence-electron chi connectivity index (χ3n) is 4.96. The van der Waals surface area contributed by atoms with Crippen molar-refractivity contribution in [1.29, 1.82) is 0 Å². The molecule has 0 amide bonds. The van der Waals surface area contributed by atoms with Gasteiger partial charge in [0.15, 0.2) is 0 Å². The van der Waals surface area contributed by atoms with Gasteiger partial charge in [-0.1, -0.05) is 6.42 Å². The molecule has 1 aromatic carbocycles. The van der Waals surface area contributed by atoms with Crippen LogP contribution < -0.4 is 0 Å². The van der Waals surface area contributed by atoms with Crippen LogP contribution in [0.5, 0.6) is 0 Å². The Labute approximate surface area is 166 Å². The van der Waals surface area contributed by atoms with Gasteiger partial charge < -0.3 is 13.9 Å². The van der Waals surface area contributed by atoms with E-state index in [0.717, 1.165) is 19.3 Å². The van der Waals surface area contributed by atoms with Gasteiger partial charge in [-0.3, -0.25) is 4.55 Å². The number of rotatable bonds is 3. The van der Waals surface area contributed by atoms with E-state index in [2.05, 4.69) is 0 Å². The van der Waals surface area contributed by atoms with Crippen LogP contribution in [0.25, 0.3) is 17.4 Å². The van der Waals surface area contributed by atoms with E-state index in [1.807, 2.05) is 0 Å². The largest absolute Gasteiger partial charge is 0.457 e. The second-order valence-corrected chi connectivity index (χ2v) is 8.43. The third-order valence-corrected chi connectivity index (χ3v) is 5.83. The van der Waals surface area contributed by atoms with Gasteiger partial charge in [-0.25, -0.2) is 9.59 Å². The summed E-state index contributed by atoms with van der Waals surface area (Å²) in [6, 6.07) is 8.58. The molecule has 1 saturated heterocycles. The van der Waals surface area contributed by atoms with Crippen LogP contribution in [0.2, 0.25) is 0 Å². The minimum absolute atomic E-state index is 0.237. The smallest absolute Gasteiger partial charge is 0.349 e. The molecular weight excluding hydrogens is 400 g/mol. The molecule has 2 fully saturated rings. The zero-order valence-electron chi connectivity index (χ0n) is 15.3. The fourth-order valence-electron chi connectivity index (χ4n) is 3.48. The van der Waals surface area contributed by atoms with Gasteiger partial charge in [0.05, 0.1) is 4.90 Å². The third kappa shape index (κ3) is 3.96. The fraction of sp³-hybridized carbons (Fsp3) is 0.300. The molecule has 152 valence electrons. The van der Waals surface area contributed by atoms with E-state index in [9.17, 15) is 18.0 Å². The monoisotopic (exact) mass is 418 g/mol. The van der Waals surface area contributed by atoms with Crippen LogP contribution in [0.4, 0.5) is 0 Å². The zero-order valence-corrected chi connectivity index (χ0v) is 16.1. The molecule has 8 nitrogen and oxygen atoms in total. The molecule has 2 aliphatic rings. The Kier molecular flexibility index (Phi) is 4.79. The Bertz CT molecular complexity index is 1060. The summed E-state index contributed by atoms with van der Waals surface area (Å²) in [6.45, 7) is 0. The van der Waals surface area contributed by atoms with E-state index in [1.54, 1.807) is 12.1 Å². The SMILES string of the molecule is O=C1OC2(CCCCC2)OC(=O)C1=Cc1ccc(-c2ccc(S(=O)(=O)O)cc2)o1. The molecule has 0 bridgehead atoms. The first-order valence-corrected chi connectivity index (χ1v) is 10.6. The molecule has 0 atom stereocenters. The molecule has 29 heavy (non-hydrogen) atoms. The molecule has 0 unspecified atom stereocenters. The van der Waals surface area contributed by atoms with Crippen LogP contribution in [0, 0.1) is 0 Å². The van der Waals surface area contributed by atoms with Gasteiger partial charge in [0.2, 0.25) is 0 Å². The predicted octanol–water partition coefficient (Wildman–Crippen LogP) is 3.34. The van der Waals surface area contributed by atoms with Crippen molar-refractivity contribution in [3.8, 4) is 11.3 Å². The summed E-state index contributed by atoms with van der Waals surface area (Å²) >= 11 is 0. The van der Waals surface area contributed by atoms with Crippen molar-refractivity contribution in [1.82, 2.24) is 0 Å². The Morgan fingerprint density at radius 3 is 2.10 bits per heavy atom. The highest BCUT2D eigenvalue weighted by Gasteiger charge is 2.46. The number of ether oxygens (including phenoxy) is 2. The summed E-state index contributed by atoms with van der Waals surface area (Å²) in [6.07, 6.45) is 4.94. The van der Waals surface area contributed by atoms with E-state index in [4.69, 9.17) is 18.4 Å². The van der Waals surface area contributed by atoms with Crippen molar-refractivity contribution in [3.05, 3.63) is 47.7 Å². The van der Waals surface area contributed by atoms with E-state index >= 15 is 0 Å². The van der Waals surface area contributed by atoms with E-state index in [0.29, 0.717) is 24.2 Å². The molecule has 1 saturated carbocycles. The maximum Gasteiger partial charge on any atom is 0.349 e. The lowest BCUT2D eigenvalue weighted by molar-refractivity contribution is -0.244. The first-order chi connectivity index (χ1) is 13.8. The first-order valence-electron chi connectivity index (χ1n) is 9.12. The average Bonchev–Trinajstić information content (AvgIpc) is 3.13. The van der Waals surface area contributed by atoms with Crippen molar-refractivity contribution in [3.63, 3.8) is 0 Å². The number of esters is 2. The summed E-state index contributed by atoms with van der Waals surface area (Å²) in [7, 11) is -4.28. The van der Waals surface area contributed by atoms with Gasteiger partial charge in [0.1, 0.15) is 17.1 Å². The summed E-state index contributed by atoms with van der Waals surface area (Å²) in [4.78, 5) is 24.5. The van der Waals surface area contributed by atoms with Gasteiger partial charge in [0.25, 0.3) is 15.9 Å². The summed E-state index contributed by atoms with van der Waals surface area (Å²) < 4.78 is 47.8. The lowest BCUT2D eigenvalue weighted by Gasteiger charge is -2.38. The van der Waals surface area contributed by atoms with Crippen LogP contribution in [0.15, 0.2) is 51.3 Å². The van der Waals surface area contributed by atoms with Crippen molar-refractivity contribution < 1.29 is 36.5 Å². The molecule has 2 aromatic rings. The molecule has 1 N–H and O–H groups in total. The topological polar surface area (TPSA) is 120 Å². The van der Waals surface area contributed by atoms with E-state index in [-0.39, 0.29) is 16.2 Å². The maximum absolute atomic E-state index is 12.4. The van der Waals surface area contributed by atoms with Gasteiger partial charge >= 0.3 is 11.9 Å². The number of hydrogen-bond donors (Lipinski definition) is 1. The van der Waals surface area contributed by atoms with Crippen LogP contribution >= 0.6 is 0 Å². The molecule has 4 rings (SSSR count). The molecular formula is C20H18O8S. The Morgan fingerprint density at radius 1 is 0.897 bits per heavy atom. The second kappa shape index (κ2) is 7.16. The number of carbonyl (C=O) groups excluding carboxylic acids is 2. The van der Waals surface area contributed by atoms with Crippen LogP contribution in [0.1, 0.15) is 37.9 Å². The van der Waals surface area contributed by atoms with Gasteiger partial charge in [-0.15, -0.1) is 0 Å².